The van der Waals surface area contributed by atoms with Crippen LogP contribution in [0.2, 0.25) is 10.3 Å². The number of halogens is 3. The van der Waals surface area contributed by atoms with Crippen molar-refractivity contribution < 1.29 is 0 Å². The van der Waals surface area contributed by atoms with Crippen molar-refractivity contribution in [3.05, 3.63) is 49.8 Å². The summed E-state index contributed by atoms with van der Waals surface area (Å²) in [5.41, 5.74) is 0.885. The molecule has 2 heterocycles. The van der Waals surface area contributed by atoms with E-state index in [1.54, 1.807) is 6.20 Å². The zero-order chi connectivity index (χ0) is 11.5. The molecule has 2 aromatic heterocycles. The summed E-state index contributed by atoms with van der Waals surface area (Å²) in [6.07, 6.45) is 2.25. The van der Waals surface area contributed by atoms with Gasteiger partial charge >= 0.3 is 0 Å². The molecule has 0 bridgehead atoms. The zero-order valence-corrected chi connectivity index (χ0v) is 11.7. The van der Waals surface area contributed by atoms with Crippen molar-refractivity contribution in [1.82, 2.24) is 15.0 Å². The summed E-state index contributed by atoms with van der Waals surface area (Å²) in [6.45, 7) is 0. The van der Waals surface area contributed by atoms with Crippen molar-refractivity contribution in [3.63, 3.8) is 0 Å². The molecule has 0 aromatic carbocycles. The summed E-state index contributed by atoms with van der Waals surface area (Å²) in [5.74, 6) is 0.578. The first-order chi connectivity index (χ1) is 7.66. The number of aromatic nitrogens is 3. The van der Waals surface area contributed by atoms with Gasteiger partial charge in [0.2, 0.25) is 0 Å². The topological polar surface area (TPSA) is 38.7 Å². The average Bonchev–Trinajstić information content (AvgIpc) is 2.27. The van der Waals surface area contributed by atoms with Crippen LogP contribution in [0.3, 0.4) is 0 Å². The average molecular weight is 366 g/mol. The minimum Gasteiger partial charge on any atom is -0.261 e. The Hall–Kier alpha value is -0.460. The molecule has 0 aliphatic heterocycles. The molecule has 0 spiro atoms. The smallest absolute Gasteiger partial charge is 0.147 e. The summed E-state index contributed by atoms with van der Waals surface area (Å²) in [4.78, 5) is 12.5. The fraction of sp³-hybridized carbons (Fsp3) is 0.100. The minimum atomic E-state index is 0.381. The molecule has 2 aromatic rings. The molecule has 0 unspecified atom stereocenters. The fourth-order valence-corrected chi connectivity index (χ4v) is 1.84. The van der Waals surface area contributed by atoms with Gasteiger partial charge in [-0.3, -0.25) is 4.98 Å². The van der Waals surface area contributed by atoms with Crippen molar-refractivity contribution in [3.8, 4) is 0 Å². The van der Waals surface area contributed by atoms with E-state index in [9.17, 15) is 0 Å². The van der Waals surface area contributed by atoms with Gasteiger partial charge in [0.05, 0.1) is 9.99 Å². The van der Waals surface area contributed by atoms with Crippen molar-refractivity contribution in [2.45, 2.75) is 6.42 Å². The molecule has 2 rings (SSSR count). The third-order valence-corrected chi connectivity index (χ3v) is 4.09. The summed E-state index contributed by atoms with van der Waals surface area (Å²) in [5, 5.41) is 0.762. The Bertz CT molecular complexity index is 482. The Morgan fingerprint density at radius 1 is 1.12 bits per heavy atom. The van der Waals surface area contributed by atoms with Gasteiger partial charge in [0.25, 0.3) is 0 Å². The number of pyridine rings is 1. The lowest BCUT2D eigenvalue weighted by Crippen LogP contribution is -2.00. The first-order valence-corrected chi connectivity index (χ1v) is 6.27. The van der Waals surface area contributed by atoms with Crippen LogP contribution < -0.4 is 0 Å². The van der Waals surface area contributed by atoms with Crippen molar-refractivity contribution in [2.24, 2.45) is 0 Å². The van der Waals surface area contributed by atoms with Crippen LogP contribution in [0.1, 0.15) is 11.5 Å². The molecule has 3 nitrogen and oxygen atoms in total. The molecule has 0 aliphatic carbocycles. The molecule has 0 amide bonds. The quantitative estimate of drug-likeness (QED) is 0.605. The van der Waals surface area contributed by atoms with Gasteiger partial charge in [0, 0.05) is 11.9 Å². The Morgan fingerprint density at radius 3 is 2.38 bits per heavy atom. The zero-order valence-electron chi connectivity index (χ0n) is 7.99. The highest BCUT2D eigenvalue weighted by Gasteiger charge is 2.09. The molecule has 0 atom stereocenters. The van der Waals surface area contributed by atoms with Crippen LogP contribution in [0.25, 0.3) is 0 Å². The standard InChI is InChI=1S/C10H6Cl2IN3/c11-9-8(13)10(12)16-7(15-9)5-6-3-1-2-4-14-6/h1-4H,5H2. The molecule has 0 saturated carbocycles. The maximum absolute atomic E-state index is 5.92. The summed E-state index contributed by atoms with van der Waals surface area (Å²) in [6, 6.07) is 5.68. The minimum absolute atomic E-state index is 0.381. The Labute approximate surface area is 116 Å². The van der Waals surface area contributed by atoms with E-state index in [1.807, 2.05) is 40.8 Å². The van der Waals surface area contributed by atoms with Crippen molar-refractivity contribution in [2.75, 3.05) is 0 Å². The molecule has 0 saturated heterocycles. The number of nitrogens with zero attached hydrogens (tertiary/aromatic N) is 3. The molecular formula is C10H6Cl2IN3. The number of hydrogen-bond donors (Lipinski definition) is 0. The van der Waals surface area contributed by atoms with Crippen LogP contribution in [-0.2, 0) is 6.42 Å². The second-order valence-electron chi connectivity index (χ2n) is 3.03. The first kappa shape index (κ1) is 12.0. The molecule has 0 aliphatic rings. The third kappa shape index (κ3) is 2.81. The summed E-state index contributed by atoms with van der Waals surface area (Å²) in [7, 11) is 0. The fourth-order valence-electron chi connectivity index (χ4n) is 1.18. The predicted molar refractivity (Wildman–Crippen MR) is 71.8 cm³/mol. The predicted octanol–water partition coefficient (Wildman–Crippen LogP) is 3.37. The van der Waals surface area contributed by atoms with E-state index in [0.29, 0.717) is 26.1 Å². The molecule has 0 fully saturated rings. The lowest BCUT2D eigenvalue weighted by Gasteiger charge is -2.03. The highest BCUT2D eigenvalue weighted by molar-refractivity contribution is 14.1. The van der Waals surface area contributed by atoms with E-state index >= 15 is 0 Å². The van der Waals surface area contributed by atoms with Gasteiger partial charge in [-0.15, -0.1) is 0 Å². The molecule has 0 N–H and O–H groups in total. The van der Waals surface area contributed by atoms with E-state index in [2.05, 4.69) is 15.0 Å². The number of rotatable bonds is 2. The van der Waals surface area contributed by atoms with E-state index in [-0.39, 0.29) is 0 Å². The van der Waals surface area contributed by atoms with Gasteiger partial charge in [-0.2, -0.15) is 0 Å². The van der Waals surface area contributed by atoms with Crippen LogP contribution in [0, 0.1) is 3.57 Å². The summed E-state index contributed by atoms with van der Waals surface area (Å²) >= 11 is 13.9. The van der Waals surface area contributed by atoms with Gasteiger partial charge < -0.3 is 0 Å². The Kier molecular flexibility index (Phi) is 3.94. The number of hydrogen-bond acceptors (Lipinski definition) is 3. The first-order valence-electron chi connectivity index (χ1n) is 4.44. The van der Waals surface area contributed by atoms with E-state index in [4.69, 9.17) is 23.2 Å². The summed E-state index contributed by atoms with van der Waals surface area (Å²) < 4.78 is 0.672. The van der Waals surface area contributed by atoms with Crippen molar-refractivity contribution >= 4 is 45.8 Å². The monoisotopic (exact) mass is 365 g/mol. The molecule has 0 radical (unpaired) electrons. The van der Waals surface area contributed by atoms with Gasteiger partial charge in [-0.05, 0) is 34.7 Å². The van der Waals surface area contributed by atoms with Crippen molar-refractivity contribution in [1.29, 1.82) is 0 Å². The van der Waals surface area contributed by atoms with E-state index in [1.165, 1.54) is 0 Å². The third-order valence-electron chi connectivity index (χ3n) is 1.88. The highest BCUT2D eigenvalue weighted by atomic mass is 127. The lowest BCUT2D eigenvalue weighted by atomic mass is 10.2. The van der Waals surface area contributed by atoms with Crippen LogP contribution in [0.4, 0.5) is 0 Å². The maximum atomic E-state index is 5.92. The normalized spacial score (nSPS) is 10.4. The van der Waals surface area contributed by atoms with Gasteiger partial charge in [-0.25, -0.2) is 9.97 Å². The van der Waals surface area contributed by atoms with E-state index in [0.717, 1.165) is 5.69 Å². The second-order valence-corrected chi connectivity index (χ2v) is 4.83. The second kappa shape index (κ2) is 5.25. The molecule has 6 heteroatoms. The van der Waals surface area contributed by atoms with Gasteiger partial charge in [0.15, 0.2) is 0 Å². The van der Waals surface area contributed by atoms with Gasteiger partial charge in [0.1, 0.15) is 16.1 Å². The largest absolute Gasteiger partial charge is 0.261 e. The van der Waals surface area contributed by atoms with Crippen LogP contribution in [0.5, 0.6) is 0 Å². The molecule has 82 valence electrons. The SMILES string of the molecule is Clc1nc(Cc2ccccn2)nc(Cl)c1I. The Morgan fingerprint density at radius 2 is 1.81 bits per heavy atom. The maximum Gasteiger partial charge on any atom is 0.147 e. The molecular weight excluding hydrogens is 360 g/mol. The van der Waals surface area contributed by atoms with Gasteiger partial charge in [-0.1, -0.05) is 29.3 Å². The van der Waals surface area contributed by atoms with Crippen LogP contribution in [-0.4, -0.2) is 15.0 Å². The Balaban J connectivity index is 2.29. The highest BCUT2D eigenvalue weighted by Crippen LogP contribution is 2.23. The van der Waals surface area contributed by atoms with E-state index < -0.39 is 0 Å². The molecule has 16 heavy (non-hydrogen) atoms. The lowest BCUT2D eigenvalue weighted by molar-refractivity contribution is 0.931. The van der Waals surface area contributed by atoms with Crippen LogP contribution in [0.15, 0.2) is 24.4 Å². The van der Waals surface area contributed by atoms with Crippen LogP contribution >= 0.6 is 45.8 Å².